The fourth-order valence-electron chi connectivity index (χ4n) is 2.66. The molecule has 1 aliphatic rings. The maximum atomic E-state index is 12.5. The van der Waals surface area contributed by atoms with Crippen LogP contribution in [0.4, 0.5) is 11.5 Å². The summed E-state index contributed by atoms with van der Waals surface area (Å²) in [5, 5.41) is 2.91. The minimum Gasteiger partial charge on any atom is -0.378 e. The van der Waals surface area contributed by atoms with Gasteiger partial charge in [-0.25, -0.2) is 4.98 Å². The molecule has 1 fully saturated rings. The molecule has 0 bridgehead atoms. The van der Waals surface area contributed by atoms with E-state index in [4.69, 9.17) is 4.74 Å². The lowest BCUT2D eigenvalue weighted by atomic mass is 10.0. The largest absolute Gasteiger partial charge is 0.378 e. The second-order valence-electron chi connectivity index (χ2n) is 6.21. The summed E-state index contributed by atoms with van der Waals surface area (Å²) in [4.78, 5) is 19.1. The van der Waals surface area contributed by atoms with Gasteiger partial charge in [0.05, 0.1) is 13.2 Å². The molecular weight excluding hydrogens is 302 g/mol. The maximum Gasteiger partial charge on any atom is 0.274 e. The Kier molecular flexibility index (Phi) is 5.11. The average Bonchev–Trinajstić information content (AvgIpc) is 2.63. The summed E-state index contributed by atoms with van der Waals surface area (Å²) in [5.74, 6) is 1.10. The molecule has 0 unspecified atom stereocenters. The molecule has 1 aliphatic heterocycles. The Morgan fingerprint density at radius 3 is 2.50 bits per heavy atom. The summed E-state index contributed by atoms with van der Waals surface area (Å²) >= 11 is 0. The lowest BCUT2D eigenvalue weighted by Crippen LogP contribution is -2.37. The number of hydrogen-bond donors (Lipinski definition) is 1. The molecule has 1 aromatic heterocycles. The van der Waals surface area contributed by atoms with Gasteiger partial charge in [-0.1, -0.05) is 32.0 Å². The molecule has 2 aromatic rings. The van der Waals surface area contributed by atoms with Gasteiger partial charge < -0.3 is 15.0 Å². The van der Waals surface area contributed by atoms with Crippen LogP contribution in [0.5, 0.6) is 0 Å². The first-order chi connectivity index (χ1) is 11.6. The van der Waals surface area contributed by atoms with Crippen molar-refractivity contribution in [2.75, 3.05) is 36.5 Å². The van der Waals surface area contributed by atoms with E-state index in [0.29, 0.717) is 24.8 Å². The van der Waals surface area contributed by atoms with Crippen LogP contribution in [0.25, 0.3) is 0 Å². The van der Waals surface area contributed by atoms with Crippen LogP contribution in [0.3, 0.4) is 0 Å². The molecule has 1 N–H and O–H groups in total. The number of nitrogens with one attached hydrogen (secondary N) is 1. The molecule has 0 radical (unpaired) electrons. The van der Waals surface area contributed by atoms with Crippen LogP contribution >= 0.6 is 0 Å². The molecule has 5 nitrogen and oxygen atoms in total. The van der Waals surface area contributed by atoms with E-state index in [-0.39, 0.29) is 5.91 Å². The second-order valence-corrected chi connectivity index (χ2v) is 6.21. The Balaban J connectivity index is 1.70. The van der Waals surface area contributed by atoms with Gasteiger partial charge in [0.25, 0.3) is 5.91 Å². The molecule has 24 heavy (non-hydrogen) atoms. The molecule has 126 valence electrons. The molecule has 0 saturated carbocycles. The summed E-state index contributed by atoms with van der Waals surface area (Å²) in [6.45, 7) is 7.29. The molecule has 1 aromatic carbocycles. The number of carbonyl (C=O) groups excluding carboxylic acids is 1. The zero-order valence-corrected chi connectivity index (χ0v) is 14.2. The predicted molar refractivity (Wildman–Crippen MR) is 95.8 cm³/mol. The lowest BCUT2D eigenvalue weighted by Gasteiger charge is -2.27. The van der Waals surface area contributed by atoms with Crippen molar-refractivity contribution >= 4 is 17.4 Å². The van der Waals surface area contributed by atoms with Gasteiger partial charge in [0.2, 0.25) is 0 Å². The molecular formula is C19H23N3O2. The van der Waals surface area contributed by atoms with E-state index in [1.54, 1.807) is 6.07 Å². The molecule has 2 heterocycles. The molecule has 0 atom stereocenters. The summed E-state index contributed by atoms with van der Waals surface area (Å²) in [6.07, 6.45) is 0. The number of morpholine rings is 1. The third-order valence-electron chi connectivity index (χ3n) is 4.14. The van der Waals surface area contributed by atoms with Gasteiger partial charge in [-0.05, 0) is 35.7 Å². The van der Waals surface area contributed by atoms with Crippen LogP contribution in [0.2, 0.25) is 0 Å². The number of pyridine rings is 1. The number of carbonyl (C=O) groups is 1. The fraction of sp³-hybridized carbons (Fsp3) is 0.368. The fourth-order valence-corrected chi connectivity index (χ4v) is 2.66. The number of aromatic nitrogens is 1. The summed E-state index contributed by atoms with van der Waals surface area (Å²) in [5.41, 5.74) is 2.45. The number of anilines is 2. The van der Waals surface area contributed by atoms with E-state index in [9.17, 15) is 4.79 Å². The Labute approximate surface area is 142 Å². The van der Waals surface area contributed by atoms with Gasteiger partial charge in [-0.2, -0.15) is 0 Å². The highest BCUT2D eigenvalue weighted by Gasteiger charge is 2.15. The number of hydrogen-bond acceptors (Lipinski definition) is 4. The van der Waals surface area contributed by atoms with Gasteiger partial charge in [-0.15, -0.1) is 0 Å². The third-order valence-corrected chi connectivity index (χ3v) is 4.14. The quantitative estimate of drug-likeness (QED) is 0.937. The SMILES string of the molecule is CC(C)c1ccc(NC(=O)c2cccc(N3CCOCC3)n2)cc1. The van der Waals surface area contributed by atoms with Gasteiger partial charge in [0, 0.05) is 18.8 Å². The minimum absolute atomic E-state index is 0.192. The average molecular weight is 325 g/mol. The topological polar surface area (TPSA) is 54.5 Å². The van der Waals surface area contributed by atoms with Crippen molar-refractivity contribution in [3.05, 3.63) is 53.7 Å². The zero-order chi connectivity index (χ0) is 16.9. The van der Waals surface area contributed by atoms with Crippen molar-refractivity contribution in [2.45, 2.75) is 19.8 Å². The van der Waals surface area contributed by atoms with E-state index >= 15 is 0 Å². The molecule has 5 heteroatoms. The standard InChI is InChI=1S/C19H23N3O2/c1-14(2)15-6-8-16(9-7-15)20-19(23)17-4-3-5-18(21-17)22-10-12-24-13-11-22/h3-9,14H,10-13H2,1-2H3,(H,20,23). The van der Waals surface area contributed by atoms with E-state index < -0.39 is 0 Å². The Bertz CT molecular complexity index is 692. The third kappa shape index (κ3) is 3.92. The number of ether oxygens (including phenoxy) is 1. The van der Waals surface area contributed by atoms with Crippen molar-refractivity contribution in [3.8, 4) is 0 Å². The first kappa shape index (κ1) is 16.5. The molecule has 0 aliphatic carbocycles. The van der Waals surface area contributed by atoms with Crippen LogP contribution < -0.4 is 10.2 Å². The smallest absolute Gasteiger partial charge is 0.274 e. The normalized spacial score (nSPS) is 14.7. The molecule has 1 amide bonds. The highest BCUT2D eigenvalue weighted by molar-refractivity contribution is 6.03. The first-order valence-electron chi connectivity index (χ1n) is 8.34. The number of benzene rings is 1. The van der Waals surface area contributed by atoms with Crippen molar-refractivity contribution in [1.82, 2.24) is 4.98 Å². The van der Waals surface area contributed by atoms with E-state index in [1.807, 2.05) is 36.4 Å². The van der Waals surface area contributed by atoms with Gasteiger partial charge >= 0.3 is 0 Å². The highest BCUT2D eigenvalue weighted by atomic mass is 16.5. The Morgan fingerprint density at radius 2 is 1.83 bits per heavy atom. The van der Waals surface area contributed by atoms with Crippen molar-refractivity contribution in [3.63, 3.8) is 0 Å². The van der Waals surface area contributed by atoms with E-state index in [2.05, 4.69) is 29.0 Å². The van der Waals surface area contributed by atoms with Crippen LogP contribution in [0, 0.1) is 0 Å². The van der Waals surface area contributed by atoms with Crippen LogP contribution in [0.15, 0.2) is 42.5 Å². The van der Waals surface area contributed by atoms with E-state index in [1.165, 1.54) is 5.56 Å². The van der Waals surface area contributed by atoms with Gasteiger partial charge in [0.15, 0.2) is 0 Å². The van der Waals surface area contributed by atoms with Gasteiger partial charge in [-0.3, -0.25) is 4.79 Å². The van der Waals surface area contributed by atoms with Crippen molar-refractivity contribution in [2.24, 2.45) is 0 Å². The summed E-state index contributed by atoms with van der Waals surface area (Å²) < 4.78 is 5.36. The summed E-state index contributed by atoms with van der Waals surface area (Å²) in [6, 6.07) is 13.5. The number of amides is 1. The van der Waals surface area contributed by atoms with E-state index in [0.717, 1.165) is 24.6 Å². The lowest BCUT2D eigenvalue weighted by molar-refractivity contribution is 0.102. The van der Waals surface area contributed by atoms with Crippen LogP contribution in [-0.2, 0) is 4.74 Å². The molecule has 3 rings (SSSR count). The van der Waals surface area contributed by atoms with Crippen LogP contribution in [-0.4, -0.2) is 37.2 Å². The zero-order valence-electron chi connectivity index (χ0n) is 14.2. The minimum atomic E-state index is -0.192. The number of rotatable bonds is 4. The first-order valence-corrected chi connectivity index (χ1v) is 8.34. The Morgan fingerprint density at radius 1 is 1.12 bits per heavy atom. The number of nitrogens with zero attached hydrogens (tertiary/aromatic N) is 2. The molecule has 0 spiro atoms. The van der Waals surface area contributed by atoms with Crippen molar-refractivity contribution in [1.29, 1.82) is 0 Å². The van der Waals surface area contributed by atoms with Gasteiger partial charge in [0.1, 0.15) is 11.5 Å². The maximum absolute atomic E-state index is 12.5. The molecule has 1 saturated heterocycles. The predicted octanol–water partition coefficient (Wildman–Crippen LogP) is 3.29. The van der Waals surface area contributed by atoms with Crippen LogP contribution in [0.1, 0.15) is 35.8 Å². The summed E-state index contributed by atoms with van der Waals surface area (Å²) in [7, 11) is 0. The highest BCUT2D eigenvalue weighted by Crippen LogP contribution is 2.18. The monoisotopic (exact) mass is 325 g/mol. The Hall–Kier alpha value is -2.40. The second kappa shape index (κ2) is 7.45. The van der Waals surface area contributed by atoms with Crippen molar-refractivity contribution < 1.29 is 9.53 Å².